The Balaban J connectivity index is 1.84. The highest BCUT2D eigenvalue weighted by atomic mass is 127. The molecule has 0 bridgehead atoms. The summed E-state index contributed by atoms with van der Waals surface area (Å²) >= 11 is 4.27. The minimum Gasteiger partial charge on any atom is -0.493 e. The van der Waals surface area contributed by atoms with Crippen LogP contribution in [-0.2, 0) is 11.2 Å². The number of ether oxygens (including phenoxy) is 2. The van der Waals surface area contributed by atoms with E-state index in [1.54, 1.807) is 0 Å². The third-order valence-electron chi connectivity index (χ3n) is 3.72. The SMILES string of the molecule is CCCCOc1ccc2c(c1)OC1=C(C=C(I)C(=O)C1I)C2. The molecular formula is C17H16I2O3. The van der Waals surface area contributed by atoms with E-state index in [9.17, 15) is 4.79 Å². The average Bonchev–Trinajstić information content (AvgIpc) is 2.52. The van der Waals surface area contributed by atoms with Crippen LogP contribution in [0.5, 0.6) is 11.5 Å². The molecule has 0 radical (unpaired) electrons. The van der Waals surface area contributed by atoms with E-state index >= 15 is 0 Å². The molecule has 1 unspecified atom stereocenters. The van der Waals surface area contributed by atoms with Gasteiger partial charge in [-0.2, -0.15) is 0 Å². The molecule has 3 rings (SSSR count). The second-order valence-electron chi connectivity index (χ2n) is 5.36. The van der Waals surface area contributed by atoms with E-state index in [0.29, 0.717) is 0 Å². The van der Waals surface area contributed by atoms with E-state index in [0.717, 1.165) is 57.8 Å². The number of ketones is 1. The van der Waals surface area contributed by atoms with Gasteiger partial charge in [0.05, 0.1) is 10.2 Å². The summed E-state index contributed by atoms with van der Waals surface area (Å²) in [5.41, 5.74) is 2.25. The predicted molar refractivity (Wildman–Crippen MR) is 103 cm³/mol. The van der Waals surface area contributed by atoms with E-state index in [1.807, 2.05) is 18.2 Å². The molecule has 0 saturated heterocycles. The number of Topliss-reactive ketones (excluding diaryl/α,β-unsaturated/α-hetero) is 1. The Hall–Kier alpha value is -0.570. The number of hydrogen-bond acceptors (Lipinski definition) is 3. The number of rotatable bonds is 4. The van der Waals surface area contributed by atoms with Crippen molar-refractivity contribution in [3.05, 3.63) is 44.8 Å². The van der Waals surface area contributed by atoms with Crippen LogP contribution in [0.25, 0.3) is 0 Å². The lowest BCUT2D eigenvalue weighted by molar-refractivity contribution is -0.113. The third-order valence-corrected chi connectivity index (χ3v) is 5.69. The molecule has 5 heteroatoms. The fourth-order valence-corrected chi connectivity index (χ4v) is 4.62. The van der Waals surface area contributed by atoms with Gasteiger partial charge in [-0.15, -0.1) is 0 Å². The Morgan fingerprint density at radius 1 is 1.41 bits per heavy atom. The Bertz CT molecular complexity index is 676. The van der Waals surface area contributed by atoms with Gasteiger partial charge < -0.3 is 9.47 Å². The summed E-state index contributed by atoms with van der Waals surface area (Å²) in [6, 6.07) is 5.99. The first kappa shape index (κ1) is 16.3. The quantitative estimate of drug-likeness (QED) is 0.325. The van der Waals surface area contributed by atoms with E-state index in [2.05, 4.69) is 58.2 Å². The Morgan fingerprint density at radius 3 is 3.00 bits per heavy atom. The number of hydrogen-bond donors (Lipinski definition) is 0. The molecule has 1 heterocycles. The number of benzene rings is 1. The van der Waals surface area contributed by atoms with Gasteiger partial charge in [-0.3, -0.25) is 4.79 Å². The van der Waals surface area contributed by atoms with Crippen LogP contribution in [0.4, 0.5) is 0 Å². The maximum atomic E-state index is 12.1. The molecule has 1 aliphatic carbocycles. The topological polar surface area (TPSA) is 35.5 Å². The molecule has 1 aromatic rings. The first-order chi connectivity index (χ1) is 10.6. The van der Waals surface area contributed by atoms with Crippen molar-refractivity contribution in [3.8, 4) is 11.5 Å². The van der Waals surface area contributed by atoms with Gasteiger partial charge >= 0.3 is 0 Å². The van der Waals surface area contributed by atoms with Crippen LogP contribution in [-0.4, -0.2) is 16.3 Å². The maximum absolute atomic E-state index is 12.1. The summed E-state index contributed by atoms with van der Waals surface area (Å²) < 4.78 is 12.3. The van der Waals surface area contributed by atoms with Crippen molar-refractivity contribution in [2.75, 3.05) is 6.61 Å². The number of carbonyl (C=O) groups excluding carboxylic acids is 1. The monoisotopic (exact) mass is 522 g/mol. The van der Waals surface area contributed by atoms with Crippen LogP contribution in [0.2, 0.25) is 0 Å². The van der Waals surface area contributed by atoms with Crippen LogP contribution in [0.1, 0.15) is 25.3 Å². The number of carbonyl (C=O) groups is 1. The summed E-state index contributed by atoms with van der Waals surface area (Å²) in [5.74, 6) is 2.55. The Labute approximate surface area is 157 Å². The summed E-state index contributed by atoms with van der Waals surface area (Å²) in [4.78, 5) is 12.1. The highest BCUT2D eigenvalue weighted by Crippen LogP contribution is 2.40. The highest BCUT2D eigenvalue weighted by molar-refractivity contribution is 14.1. The normalized spacial score (nSPS) is 20.0. The molecule has 0 fully saturated rings. The van der Waals surface area contributed by atoms with Crippen LogP contribution in [0.15, 0.2) is 39.2 Å². The number of halogens is 2. The summed E-state index contributed by atoms with van der Waals surface area (Å²) in [5, 5.41) is 0. The molecule has 1 aromatic carbocycles. The lowest BCUT2D eigenvalue weighted by atomic mass is 9.94. The van der Waals surface area contributed by atoms with Gasteiger partial charge in [0, 0.05) is 12.5 Å². The fourth-order valence-electron chi connectivity index (χ4n) is 2.48. The standard InChI is InChI=1S/C17H16I2O3/c1-2-3-6-21-12-5-4-10-7-11-8-13(18)16(20)15(19)17(11)22-14(10)9-12/h4-5,8-9,15H,2-3,6-7H2,1H3. The van der Waals surface area contributed by atoms with E-state index in [-0.39, 0.29) is 9.71 Å². The number of unbranched alkanes of at least 4 members (excludes halogenated alkanes) is 1. The van der Waals surface area contributed by atoms with Crippen molar-refractivity contribution in [2.45, 2.75) is 30.1 Å². The van der Waals surface area contributed by atoms with Gasteiger partial charge in [0.2, 0.25) is 0 Å². The smallest absolute Gasteiger partial charge is 0.189 e. The van der Waals surface area contributed by atoms with Gasteiger partial charge in [0.1, 0.15) is 21.2 Å². The van der Waals surface area contributed by atoms with Gasteiger partial charge in [-0.05, 0) is 52.3 Å². The zero-order valence-electron chi connectivity index (χ0n) is 12.2. The molecule has 116 valence electrons. The van der Waals surface area contributed by atoms with E-state index in [4.69, 9.17) is 9.47 Å². The number of allylic oxidation sites excluding steroid dienone is 4. The van der Waals surface area contributed by atoms with Crippen LogP contribution in [0, 0.1) is 0 Å². The average molecular weight is 522 g/mol. The third kappa shape index (κ3) is 3.20. The van der Waals surface area contributed by atoms with Gasteiger partial charge in [-0.1, -0.05) is 42.0 Å². The first-order valence-corrected chi connectivity index (χ1v) is 9.64. The maximum Gasteiger partial charge on any atom is 0.189 e. The van der Waals surface area contributed by atoms with Crippen molar-refractivity contribution in [1.82, 2.24) is 0 Å². The first-order valence-electron chi connectivity index (χ1n) is 7.32. The molecule has 22 heavy (non-hydrogen) atoms. The summed E-state index contributed by atoms with van der Waals surface area (Å²) in [6.45, 7) is 2.86. The molecule has 0 amide bonds. The van der Waals surface area contributed by atoms with Crippen LogP contribution in [0.3, 0.4) is 0 Å². The van der Waals surface area contributed by atoms with E-state index < -0.39 is 0 Å². The Morgan fingerprint density at radius 2 is 2.23 bits per heavy atom. The second kappa shape index (κ2) is 6.90. The number of alkyl halides is 1. The van der Waals surface area contributed by atoms with Gasteiger partial charge in [-0.25, -0.2) is 0 Å². The minimum atomic E-state index is -0.234. The lowest BCUT2D eigenvalue weighted by Gasteiger charge is -2.27. The van der Waals surface area contributed by atoms with E-state index in [1.165, 1.54) is 0 Å². The second-order valence-corrected chi connectivity index (χ2v) is 7.77. The molecule has 1 aliphatic heterocycles. The molecule has 1 atom stereocenters. The highest BCUT2D eigenvalue weighted by Gasteiger charge is 2.33. The van der Waals surface area contributed by atoms with Crippen molar-refractivity contribution in [1.29, 1.82) is 0 Å². The largest absolute Gasteiger partial charge is 0.493 e. The van der Waals surface area contributed by atoms with Crippen molar-refractivity contribution in [2.24, 2.45) is 0 Å². The minimum absolute atomic E-state index is 0.124. The summed E-state index contributed by atoms with van der Waals surface area (Å²) in [7, 11) is 0. The molecule has 0 saturated carbocycles. The number of fused-ring (bicyclic) bond motifs is 1. The van der Waals surface area contributed by atoms with Crippen LogP contribution < -0.4 is 9.47 Å². The molecule has 3 nitrogen and oxygen atoms in total. The predicted octanol–water partition coefficient (Wildman–Crippen LogP) is 4.76. The van der Waals surface area contributed by atoms with Crippen molar-refractivity contribution >= 4 is 51.0 Å². The molecular weight excluding hydrogens is 506 g/mol. The lowest BCUT2D eigenvalue weighted by Crippen LogP contribution is -2.27. The van der Waals surface area contributed by atoms with Gasteiger partial charge in [0.25, 0.3) is 0 Å². The molecule has 0 aromatic heterocycles. The zero-order chi connectivity index (χ0) is 15.7. The zero-order valence-corrected chi connectivity index (χ0v) is 16.5. The molecule has 0 spiro atoms. The fraction of sp³-hybridized carbons (Fsp3) is 0.353. The van der Waals surface area contributed by atoms with Crippen LogP contribution >= 0.6 is 45.2 Å². The molecule has 0 N–H and O–H groups in total. The summed E-state index contributed by atoms with van der Waals surface area (Å²) in [6.07, 6.45) is 4.91. The van der Waals surface area contributed by atoms with Crippen molar-refractivity contribution < 1.29 is 14.3 Å². The Kier molecular flexibility index (Phi) is 5.11. The van der Waals surface area contributed by atoms with Gasteiger partial charge in [0.15, 0.2) is 5.78 Å². The van der Waals surface area contributed by atoms with Crippen molar-refractivity contribution in [3.63, 3.8) is 0 Å². The molecule has 2 aliphatic rings.